The standard InChI is InChI=1S/C15H18N2O3/c1-9-4-5-14(10(2)6-9)19-8-12-7-13(11(3)20-12)15(18)17-16/h4-7H,8,16H2,1-3H3,(H,17,18). The van der Waals surface area contributed by atoms with Gasteiger partial charge in [0.05, 0.1) is 5.56 Å². The van der Waals surface area contributed by atoms with Crippen LogP contribution in [0.25, 0.3) is 0 Å². The molecule has 0 saturated carbocycles. The highest BCUT2D eigenvalue weighted by atomic mass is 16.5. The fourth-order valence-corrected chi connectivity index (χ4v) is 2.03. The lowest BCUT2D eigenvalue weighted by molar-refractivity contribution is 0.0952. The Morgan fingerprint density at radius 2 is 2.05 bits per heavy atom. The Balaban J connectivity index is 2.09. The minimum atomic E-state index is -0.371. The molecule has 20 heavy (non-hydrogen) atoms. The van der Waals surface area contributed by atoms with Crippen LogP contribution in [-0.4, -0.2) is 5.91 Å². The highest BCUT2D eigenvalue weighted by molar-refractivity contribution is 5.94. The molecular formula is C15H18N2O3. The normalized spacial score (nSPS) is 10.4. The number of nitrogens with one attached hydrogen (secondary N) is 1. The van der Waals surface area contributed by atoms with Crippen molar-refractivity contribution in [2.45, 2.75) is 27.4 Å². The molecule has 106 valence electrons. The summed E-state index contributed by atoms with van der Waals surface area (Å²) in [6, 6.07) is 7.61. The SMILES string of the molecule is Cc1ccc(OCc2cc(C(=O)NN)c(C)o2)c(C)c1. The number of benzene rings is 1. The smallest absolute Gasteiger partial charge is 0.268 e. The van der Waals surface area contributed by atoms with E-state index in [9.17, 15) is 4.79 Å². The molecule has 1 heterocycles. The molecule has 5 nitrogen and oxygen atoms in total. The Morgan fingerprint density at radius 1 is 1.30 bits per heavy atom. The van der Waals surface area contributed by atoms with E-state index >= 15 is 0 Å². The maximum Gasteiger partial charge on any atom is 0.268 e. The van der Waals surface area contributed by atoms with E-state index in [-0.39, 0.29) is 12.5 Å². The number of amides is 1. The van der Waals surface area contributed by atoms with Crippen molar-refractivity contribution in [3.05, 3.63) is 52.5 Å². The largest absolute Gasteiger partial charge is 0.485 e. The van der Waals surface area contributed by atoms with Gasteiger partial charge in [-0.3, -0.25) is 10.2 Å². The molecule has 0 unspecified atom stereocenters. The van der Waals surface area contributed by atoms with Crippen LogP contribution in [0.4, 0.5) is 0 Å². The summed E-state index contributed by atoms with van der Waals surface area (Å²) < 4.78 is 11.2. The number of ether oxygens (including phenoxy) is 1. The summed E-state index contributed by atoms with van der Waals surface area (Å²) in [5.41, 5.74) is 4.76. The first-order chi connectivity index (χ1) is 9.51. The number of hydrogen-bond acceptors (Lipinski definition) is 4. The minimum absolute atomic E-state index is 0.266. The van der Waals surface area contributed by atoms with Crippen LogP contribution in [-0.2, 0) is 6.61 Å². The zero-order valence-electron chi connectivity index (χ0n) is 11.8. The summed E-state index contributed by atoms with van der Waals surface area (Å²) in [6.45, 7) is 6.00. The molecule has 0 bridgehead atoms. The molecule has 0 atom stereocenters. The molecule has 3 N–H and O–H groups in total. The van der Waals surface area contributed by atoms with E-state index < -0.39 is 0 Å². The van der Waals surface area contributed by atoms with Gasteiger partial charge in [-0.05, 0) is 38.5 Å². The van der Waals surface area contributed by atoms with E-state index in [2.05, 4.69) is 11.5 Å². The van der Waals surface area contributed by atoms with Crippen molar-refractivity contribution in [3.63, 3.8) is 0 Å². The Kier molecular flexibility index (Phi) is 4.10. The van der Waals surface area contributed by atoms with Gasteiger partial charge in [0.25, 0.3) is 5.91 Å². The molecule has 1 aromatic carbocycles. The molecule has 0 radical (unpaired) electrons. The van der Waals surface area contributed by atoms with Gasteiger partial charge in [0.15, 0.2) is 0 Å². The third kappa shape index (κ3) is 3.00. The number of nitrogens with two attached hydrogens (primary N) is 1. The van der Waals surface area contributed by atoms with Gasteiger partial charge in [0.1, 0.15) is 23.9 Å². The van der Waals surface area contributed by atoms with E-state index in [1.54, 1.807) is 13.0 Å². The van der Waals surface area contributed by atoms with Crippen LogP contribution < -0.4 is 16.0 Å². The fraction of sp³-hybridized carbons (Fsp3) is 0.267. The molecule has 2 aromatic rings. The zero-order valence-corrected chi connectivity index (χ0v) is 11.8. The predicted molar refractivity (Wildman–Crippen MR) is 75.3 cm³/mol. The number of nitrogen functional groups attached to an aromatic ring is 1. The Labute approximate surface area is 117 Å². The van der Waals surface area contributed by atoms with Crippen molar-refractivity contribution in [1.29, 1.82) is 0 Å². The van der Waals surface area contributed by atoms with Crippen LogP contribution in [0.15, 0.2) is 28.7 Å². The molecule has 0 aliphatic rings. The number of carbonyl (C=O) groups excluding carboxylic acids is 1. The molecule has 0 aliphatic heterocycles. The monoisotopic (exact) mass is 274 g/mol. The third-order valence-electron chi connectivity index (χ3n) is 3.04. The number of furan rings is 1. The summed E-state index contributed by atoms with van der Waals surface area (Å²) in [7, 11) is 0. The van der Waals surface area contributed by atoms with Gasteiger partial charge in [-0.15, -0.1) is 0 Å². The Bertz CT molecular complexity index is 632. The van der Waals surface area contributed by atoms with E-state index in [0.29, 0.717) is 17.1 Å². The van der Waals surface area contributed by atoms with Crippen molar-refractivity contribution in [2.75, 3.05) is 0 Å². The van der Waals surface area contributed by atoms with Gasteiger partial charge >= 0.3 is 0 Å². The lowest BCUT2D eigenvalue weighted by atomic mass is 10.1. The summed E-state index contributed by atoms with van der Waals surface area (Å²) >= 11 is 0. The summed E-state index contributed by atoms with van der Waals surface area (Å²) in [6.07, 6.45) is 0. The van der Waals surface area contributed by atoms with Crippen LogP contribution in [0.2, 0.25) is 0 Å². The molecule has 1 amide bonds. The van der Waals surface area contributed by atoms with Gasteiger partial charge in [0, 0.05) is 0 Å². The van der Waals surface area contributed by atoms with Crippen LogP contribution in [0.3, 0.4) is 0 Å². The van der Waals surface area contributed by atoms with Gasteiger partial charge in [-0.25, -0.2) is 5.84 Å². The number of aryl methyl sites for hydroxylation is 3. The topological polar surface area (TPSA) is 77.5 Å². The van der Waals surface area contributed by atoms with Crippen LogP contribution in [0.1, 0.15) is 33.0 Å². The first-order valence-corrected chi connectivity index (χ1v) is 6.31. The first-order valence-electron chi connectivity index (χ1n) is 6.31. The van der Waals surface area contributed by atoms with Crippen molar-refractivity contribution in [1.82, 2.24) is 5.43 Å². The number of rotatable bonds is 4. The second-order valence-electron chi connectivity index (χ2n) is 4.71. The number of hydrogen-bond donors (Lipinski definition) is 2. The van der Waals surface area contributed by atoms with Crippen LogP contribution in [0, 0.1) is 20.8 Å². The maximum absolute atomic E-state index is 11.5. The van der Waals surface area contributed by atoms with Gasteiger partial charge in [-0.2, -0.15) is 0 Å². The molecular weight excluding hydrogens is 256 g/mol. The lowest BCUT2D eigenvalue weighted by Gasteiger charge is -2.08. The van der Waals surface area contributed by atoms with E-state index in [0.717, 1.165) is 11.3 Å². The van der Waals surface area contributed by atoms with Crippen molar-refractivity contribution in [2.24, 2.45) is 5.84 Å². The third-order valence-corrected chi connectivity index (χ3v) is 3.04. The Hall–Kier alpha value is -2.27. The highest BCUT2D eigenvalue weighted by Gasteiger charge is 2.14. The molecule has 0 fully saturated rings. The number of carbonyl (C=O) groups is 1. The summed E-state index contributed by atoms with van der Waals surface area (Å²) in [4.78, 5) is 11.5. The second kappa shape index (κ2) is 5.79. The summed E-state index contributed by atoms with van der Waals surface area (Å²) in [5, 5.41) is 0. The molecule has 1 aromatic heterocycles. The average Bonchev–Trinajstić information content (AvgIpc) is 2.78. The van der Waals surface area contributed by atoms with Crippen LogP contribution >= 0.6 is 0 Å². The highest BCUT2D eigenvalue weighted by Crippen LogP contribution is 2.21. The van der Waals surface area contributed by atoms with Crippen molar-refractivity contribution >= 4 is 5.91 Å². The lowest BCUT2D eigenvalue weighted by Crippen LogP contribution is -2.30. The summed E-state index contributed by atoms with van der Waals surface area (Å²) in [5.74, 6) is 6.64. The fourth-order valence-electron chi connectivity index (χ4n) is 2.03. The van der Waals surface area contributed by atoms with Gasteiger partial charge in [-0.1, -0.05) is 17.7 Å². The maximum atomic E-state index is 11.5. The zero-order chi connectivity index (χ0) is 14.7. The molecule has 0 aliphatic carbocycles. The molecule has 5 heteroatoms. The second-order valence-corrected chi connectivity index (χ2v) is 4.71. The van der Waals surface area contributed by atoms with Crippen molar-refractivity contribution < 1.29 is 13.9 Å². The predicted octanol–water partition coefficient (Wildman–Crippen LogP) is 2.39. The Morgan fingerprint density at radius 3 is 2.70 bits per heavy atom. The van der Waals surface area contributed by atoms with Gasteiger partial charge in [0.2, 0.25) is 0 Å². The van der Waals surface area contributed by atoms with Gasteiger partial charge < -0.3 is 9.15 Å². The molecule has 2 rings (SSSR count). The number of hydrazine groups is 1. The van der Waals surface area contributed by atoms with E-state index in [4.69, 9.17) is 15.0 Å². The average molecular weight is 274 g/mol. The van der Waals surface area contributed by atoms with Crippen LogP contribution in [0.5, 0.6) is 5.75 Å². The first kappa shape index (κ1) is 14.1. The van der Waals surface area contributed by atoms with E-state index in [1.807, 2.05) is 26.0 Å². The quantitative estimate of drug-likeness (QED) is 0.510. The molecule has 0 saturated heterocycles. The van der Waals surface area contributed by atoms with E-state index in [1.165, 1.54) is 5.56 Å². The molecule has 0 spiro atoms. The minimum Gasteiger partial charge on any atom is -0.485 e. The van der Waals surface area contributed by atoms with Crippen molar-refractivity contribution in [3.8, 4) is 5.75 Å².